The third kappa shape index (κ3) is 13.9. The summed E-state index contributed by atoms with van der Waals surface area (Å²) in [7, 11) is 1.55. The first-order valence-electron chi connectivity index (χ1n) is 7.42. The van der Waals surface area contributed by atoms with Gasteiger partial charge < -0.3 is 15.4 Å². The van der Waals surface area contributed by atoms with Crippen LogP contribution in [0, 0.1) is 5.41 Å². The number of hydrogen-bond donors (Lipinski definition) is 2. The fourth-order valence-electron chi connectivity index (χ4n) is 1.56. The summed E-state index contributed by atoms with van der Waals surface area (Å²) in [6, 6.07) is 0. The van der Waals surface area contributed by atoms with Gasteiger partial charge in [-0.05, 0) is 5.41 Å². The molecule has 128 valence electrons. The van der Waals surface area contributed by atoms with E-state index in [0.717, 1.165) is 0 Å². The SMILES string of the molecule is COCCC(=O)SCCNC(=O)CCNC(=O)CC(C)(C)C. The largest absolute Gasteiger partial charge is 0.384 e. The summed E-state index contributed by atoms with van der Waals surface area (Å²) in [6.07, 6.45) is 1.07. The van der Waals surface area contributed by atoms with Crippen molar-refractivity contribution in [2.45, 2.75) is 40.0 Å². The van der Waals surface area contributed by atoms with Crippen molar-refractivity contribution in [2.24, 2.45) is 5.41 Å². The molecule has 7 heteroatoms. The van der Waals surface area contributed by atoms with Gasteiger partial charge in [-0.3, -0.25) is 14.4 Å². The van der Waals surface area contributed by atoms with E-state index >= 15 is 0 Å². The third-order valence-electron chi connectivity index (χ3n) is 2.56. The van der Waals surface area contributed by atoms with Crippen molar-refractivity contribution in [3.05, 3.63) is 0 Å². The standard InChI is InChI=1S/C15H28N2O4S/c1-15(2,3)11-13(19)16-7-5-12(18)17-8-10-22-14(20)6-9-21-4/h5-11H2,1-4H3,(H,16,19)(H,17,18). The quantitative estimate of drug-likeness (QED) is 0.590. The Labute approximate surface area is 137 Å². The molecule has 0 saturated heterocycles. The smallest absolute Gasteiger partial charge is 0.221 e. The van der Waals surface area contributed by atoms with Gasteiger partial charge in [-0.1, -0.05) is 32.5 Å². The van der Waals surface area contributed by atoms with Gasteiger partial charge in [0.2, 0.25) is 11.8 Å². The molecule has 0 spiro atoms. The molecule has 0 aliphatic heterocycles. The number of nitrogens with one attached hydrogen (secondary N) is 2. The highest BCUT2D eigenvalue weighted by Gasteiger charge is 2.15. The predicted molar refractivity (Wildman–Crippen MR) is 88.7 cm³/mol. The minimum Gasteiger partial charge on any atom is -0.384 e. The second-order valence-corrected chi connectivity index (χ2v) is 7.30. The molecule has 0 aromatic carbocycles. The average molecular weight is 332 g/mol. The Morgan fingerprint density at radius 1 is 1.00 bits per heavy atom. The molecule has 0 radical (unpaired) electrons. The second-order valence-electron chi connectivity index (χ2n) is 6.15. The van der Waals surface area contributed by atoms with Crippen molar-refractivity contribution < 1.29 is 19.1 Å². The Balaban J connectivity index is 3.58. The molecule has 0 bridgehead atoms. The van der Waals surface area contributed by atoms with Crippen LogP contribution in [0.2, 0.25) is 0 Å². The van der Waals surface area contributed by atoms with Gasteiger partial charge in [-0.25, -0.2) is 0 Å². The summed E-state index contributed by atoms with van der Waals surface area (Å²) in [5.41, 5.74) is -0.0566. The van der Waals surface area contributed by atoms with Crippen molar-refractivity contribution in [1.29, 1.82) is 0 Å². The van der Waals surface area contributed by atoms with Crippen LogP contribution in [-0.2, 0) is 19.1 Å². The molecular formula is C15H28N2O4S. The van der Waals surface area contributed by atoms with Crippen LogP contribution in [0.15, 0.2) is 0 Å². The van der Waals surface area contributed by atoms with Crippen LogP contribution in [0.4, 0.5) is 0 Å². The number of carbonyl (C=O) groups excluding carboxylic acids is 3. The molecule has 2 amide bonds. The van der Waals surface area contributed by atoms with Crippen LogP contribution in [0.3, 0.4) is 0 Å². The lowest BCUT2D eigenvalue weighted by atomic mass is 9.92. The highest BCUT2D eigenvalue weighted by Crippen LogP contribution is 2.17. The maximum atomic E-state index is 11.6. The zero-order valence-electron chi connectivity index (χ0n) is 14.0. The zero-order chi connectivity index (χ0) is 17.0. The van der Waals surface area contributed by atoms with Crippen LogP contribution in [0.25, 0.3) is 0 Å². The Bertz CT molecular complexity index is 367. The molecule has 0 unspecified atom stereocenters. The first-order valence-corrected chi connectivity index (χ1v) is 8.41. The molecule has 2 N–H and O–H groups in total. The van der Waals surface area contributed by atoms with Gasteiger partial charge in [0, 0.05) is 45.2 Å². The van der Waals surface area contributed by atoms with Crippen LogP contribution < -0.4 is 10.6 Å². The molecule has 0 saturated carbocycles. The summed E-state index contributed by atoms with van der Waals surface area (Å²) < 4.78 is 4.81. The minimum absolute atomic E-state index is 0.0420. The number of ether oxygens (including phenoxy) is 1. The number of carbonyl (C=O) groups is 3. The number of methoxy groups -OCH3 is 1. The highest BCUT2D eigenvalue weighted by atomic mass is 32.2. The van der Waals surface area contributed by atoms with Gasteiger partial charge in [-0.15, -0.1) is 0 Å². The number of amides is 2. The van der Waals surface area contributed by atoms with E-state index in [1.807, 2.05) is 20.8 Å². The molecule has 0 fully saturated rings. The summed E-state index contributed by atoms with van der Waals surface area (Å²) in [5.74, 6) is 0.380. The zero-order valence-corrected chi connectivity index (χ0v) is 14.8. The lowest BCUT2D eigenvalue weighted by Crippen LogP contribution is -2.33. The monoisotopic (exact) mass is 332 g/mol. The van der Waals surface area contributed by atoms with Crippen molar-refractivity contribution >= 4 is 28.7 Å². The first kappa shape index (κ1) is 20.9. The van der Waals surface area contributed by atoms with Crippen LogP contribution in [-0.4, -0.2) is 49.5 Å². The van der Waals surface area contributed by atoms with Crippen molar-refractivity contribution in [3.8, 4) is 0 Å². The number of rotatable bonds is 10. The normalized spacial score (nSPS) is 11.1. The number of thioether (sulfide) groups is 1. The Kier molecular flexibility index (Phi) is 10.9. The predicted octanol–water partition coefficient (Wildman–Crippen LogP) is 1.34. The van der Waals surface area contributed by atoms with Gasteiger partial charge in [-0.2, -0.15) is 0 Å². The minimum atomic E-state index is -0.124. The van der Waals surface area contributed by atoms with E-state index in [1.54, 1.807) is 7.11 Å². The topological polar surface area (TPSA) is 84.5 Å². The van der Waals surface area contributed by atoms with Crippen LogP contribution in [0.1, 0.15) is 40.0 Å². The summed E-state index contributed by atoms with van der Waals surface area (Å²) in [5, 5.41) is 5.51. The lowest BCUT2D eigenvalue weighted by molar-refractivity contribution is -0.123. The van der Waals surface area contributed by atoms with Gasteiger partial charge in [0.05, 0.1) is 6.61 Å². The second kappa shape index (κ2) is 11.5. The van der Waals surface area contributed by atoms with Crippen LogP contribution >= 0.6 is 11.8 Å². The van der Waals surface area contributed by atoms with Gasteiger partial charge in [0.15, 0.2) is 5.12 Å². The summed E-state index contributed by atoms with van der Waals surface area (Å²) in [6.45, 7) is 7.17. The van der Waals surface area contributed by atoms with E-state index in [1.165, 1.54) is 11.8 Å². The Morgan fingerprint density at radius 2 is 1.64 bits per heavy atom. The maximum absolute atomic E-state index is 11.6. The molecule has 0 heterocycles. The summed E-state index contributed by atoms with van der Waals surface area (Å²) in [4.78, 5) is 34.4. The maximum Gasteiger partial charge on any atom is 0.221 e. The molecular weight excluding hydrogens is 304 g/mol. The first-order chi connectivity index (χ1) is 10.2. The van der Waals surface area contributed by atoms with Gasteiger partial charge in [0.1, 0.15) is 0 Å². The summed E-state index contributed by atoms with van der Waals surface area (Å²) >= 11 is 1.19. The van der Waals surface area contributed by atoms with Crippen molar-refractivity contribution in [3.63, 3.8) is 0 Å². The molecule has 0 rings (SSSR count). The highest BCUT2D eigenvalue weighted by molar-refractivity contribution is 8.13. The fourth-order valence-corrected chi connectivity index (χ4v) is 2.22. The molecule has 0 atom stereocenters. The third-order valence-corrected chi connectivity index (χ3v) is 3.50. The van der Waals surface area contributed by atoms with E-state index in [2.05, 4.69) is 10.6 Å². The molecule has 0 aromatic heterocycles. The fraction of sp³-hybridized carbons (Fsp3) is 0.800. The van der Waals surface area contributed by atoms with Crippen LogP contribution in [0.5, 0.6) is 0 Å². The lowest BCUT2D eigenvalue weighted by Gasteiger charge is -2.17. The van der Waals surface area contributed by atoms with Gasteiger partial charge in [0.25, 0.3) is 0 Å². The molecule has 6 nitrogen and oxygen atoms in total. The van der Waals surface area contributed by atoms with E-state index in [-0.39, 0.29) is 28.8 Å². The molecule has 0 aliphatic rings. The Morgan fingerprint density at radius 3 is 2.23 bits per heavy atom. The van der Waals surface area contributed by atoms with E-state index < -0.39 is 0 Å². The average Bonchev–Trinajstić information content (AvgIpc) is 2.39. The van der Waals surface area contributed by atoms with Gasteiger partial charge >= 0.3 is 0 Å². The number of hydrogen-bond acceptors (Lipinski definition) is 5. The molecule has 0 aliphatic carbocycles. The molecule has 0 aromatic rings. The van der Waals surface area contributed by atoms with Crippen molar-refractivity contribution in [2.75, 3.05) is 32.6 Å². The van der Waals surface area contributed by atoms with E-state index in [0.29, 0.717) is 38.3 Å². The van der Waals surface area contributed by atoms with Crippen molar-refractivity contribution in [1.82, 2.24) is 10.6 Å². The Hall–Kier alpha value is -1.08. The molecule has 22 heavy (non-hydrogen) atoms. The van der Waals surface area contributed by atoms with E-state index in [9.17, 15) is 14.4 Å². The van der Waals surface area contributed by atoms with E-state index in [4.69, 9.17) is 4.74 Å².